The summed E-state index contributed by atoms with van der Waals surface area (Å²) < 4.78 is 12.9. The fraction of sp³-hybridized carbons (Fsp3) is 0.455. The van der Waals surface area contributed by atoms with Crippen LogP contribution in [0.25, 0.3) is 0 Å². The van der Waals surface area contributed by atoms with Crippen molar-refractivity contribution in [2.75, 3.05) is 11.4 Å². The summed E-state index contributed by atoms with van der Waals surface area (Å²) >= 11 is 0. The molecule has 16 heavy (non-hydrogen) atoms. The van der Waals surface area contributed by atoms with Crippen molar-refractivity contribution in [2.24, 2.45) is 0 Å². The van der Waals surface area contributed by atoms with E-state index in [4.69, 9.17) is 5.11 Å². The molecule has 1 N–H and O–H groups in total. The summed E-state index contributed by atoms with van der Waals surface area (Å²) in [7, 11) is 0. The Balaban J connectivity index is 3.26. The van der Waals surface area contributed by atoms with E-state index < -0.39 is 11.8 Å². The van der Waals surface area contributed by atoms with Gasteiger partial charge in [-0.25, -0.2) is 14.2 Å². The van der Waals surface area contributed by atoms with Gasteiger partial charge in [-0.15, -0.1) is 0 Å². The lowest BCUT2D eigenvalue weighted by Crippen LogP contribution is -2.32. The average molecular weight is 226 g/mol. The van der Waals surface area contributed by atoms with E-state index >= 15 is 0 Å². The molecule has 0 saturated carbocycles. The highest BCUT2D eigenvalue weighted by Gasteiger charge is 2.19. The molecule has 0 aromatic carbocycles. The number of anilines is 1. The number of carboxylic acids is 1. The van der Waals surface area contributed by atoms with Crippen LogP contribution in [0.5, 0.6) is 0 Å². The molecule has 0 radical (unpaired) electrons. The average Bonchev–Trinajstić information content (AvgIpc) is 2.20. The fourth-order valence-electron chi connectivity index (χ4n) is 1.58. The van der Waals surface area contributed by atoms with Crippen LogP contribution < -0.4 is 4.90 Å². The molecule has 5 heteroatoms. The number of carbonyl (C=O) groups is 1. The van der Waals surface area contributed by atoms with E-state index in [1.54, 1.807) is 0 Å². The minimum absolute atomic E-state index is 0.101. The summed E-state index contributed by atoms with van der Waals surface area (Å²) in [5.74, 6) is -1.49. The first-order valence-corrected chi connectivity index (χ1v) is 5.12. The van der Waals surface area contributed by atoms with Gasteiger partial charge in [0.15, 0.2) is 0 Å². The third kappa shape index (κ3) is 2.48. The lowest BCUT2D eigenvalue weighted by molar-refractivity contribution is 0.0696. The van der Waals surface area contributed by atoms with Crippen LogP contribution in [-0.4, -0.2) is 28.6 Å². The summed E-state index contributed by atoms with van der Waals surface area (Å²) in [6.45, 7) is 6.38. The molecule has 0 fully saturated rings. The Kier molecular flexibility index (Phi) is 3.82. The van der Waals surface area contributed by atoms with E-state index in [1.165, 1.54) is 0 Å². The van der Waals surface area contributed by atoms with Gasteiger partial charge in [-0.1, -0.05) is 0 Å². The van der Waals surface area contributed by atoms with Crippen LogP contribution in [0.2, 0.25) is 0 Å². The fourth-order valence-corrected chi connectivity index (χ4v) is 1.58. The van der Waals surface area contributed by atoms with Crippen LogP contribution in [0.3, 0.4) is 0 Å². The third-order valence-electron chi connectivity index (χ3n) is 2.30. The number of carboxylic acid groups (broad SMARTS) is 1. The molecule has 4 nitrogen and oxygen atoms in total. The van der Waals surface area contributed by atoms with Gasteiger partial charge in [-0.3, -0.25) is 0 Å². The minimum Gasteiger partial charge on any atom is -0.478 e. The number of halogens is 1. The summed E-state index contributed by atoms with van der Waals surface area (Å²) in [4.78, 5) is 16.7. The van der Waals surface area contributed by atoms with Crippen LogP contribution in [0.1, 0.15) is 31.1 Å². The molecule has 0 amide bonds. The van der Waals surface area contributed by atoms with Gasteiger partial charge in [0, 0.05) is 12.6 Å². The van der Waals surface area contributed by atoms with Crippen molar-refractivity contribution in [1.82, 2.24) is 4.98 Å². The molecule has 0 aliphatic rings. The van der Waals surface area contributed by atoms with Crippen LogP contribution in [0.15, 0.2) is 12.3 Å². The first kappa shape index (κ1) is 12.4. The molecule has 0 atom stereocenters. The molecule has 0 unspecified atom stereocenters. The molecule has 88 valence electrons. The number of aromatic nitrogens is 1. The van der Waals surface area contributed by atoms with Crippen molar-refractivity contribution in [3.8, 4) is 0 Å². The van der Waals surface area contributed by atoms with E-state index in [2.05, 4.69) is 4.98 Å². The molecule has 0 spiro atoms. The normalized spacial score (nSPS) is 10.6. The molecule has 1 aromatic heterocycles. The van der Waals surface area contributed by atoms with Crippen molar-refractivity contribution in [3.05, 3.63) is 23.6 Å². The Morgan fingerprint density at radius 3 is 2.69 bits per heavy atom. The number of hydrogen-bond acceptors (Lipinski definition) is 3. The van der Waals surface area contributed by atoms with Crippen LogP contribution in [0.4, 0.5) is 10.2 Å². The second-order valence-corrected chi connectivity index (χ2v) is 3.71. The van der Waals surface area contributed by atoms with E-state index in [0.717, 1.165) is 12.3 Å². The summed E-state index contributed by atoms with van der Waals surface area (Å²) in [5.41, 5.74) is -0.101. The Morgan fingerprint density at radius 2 is 2.25 bits per heavy atom. The maximum Gasteiger partial charge on any atom is 0.339 e. The van der Waals surface area contributed by atoms with Crippen molar-refractivity contribution < 1.29 is 14.3 Å². The standard InChI is InChI=1S/C11H15FN2O2/c1-4-14(7(2)3)10-9(11(15)16)5-8(12)6-13-10/h5-7H,4H2,1-3H3,(H,15,16). The first-order chi connectivity index (χ1) is 7.47. The van der Waals surface area contributed by atoms with Crippen molar-refractivity contribution in [2.45, 2.75) is 26.8 Å². The number of nitrogens with zero attached hydrogens (tertiary/aromatic N) is 2. The van der Waals surface area contributed by atoms with Crippen molar-refractivity contribution in [1.29, 1.82) is 0 Å². The molecular formula is C11H15FN2O2. The molecular weight excluding hydrogens is 211 g/mol. The number of hydrogen-bond donors (Lipinski definition) is 1. The maximum absolute atomic E-state index is 12.9. The van der Waals surface area contributed by atoms with E-state index in [1.807, 2.05) is 25.7 Å². The van der Waals surface area contributed by atoms with E-state index in [0.29, 0.717) is 12.4 Å². The number of aromatic carboxylic acids is 1. The van der Waals surface area contributed by atoms with Crippen LogP contribution >= 0.6 is 0 Å². The van der Waals surface area contributed by atoms with E-state index in [-0.39, 0.29) is 11.6 Å². The van der Waals surface area contributed by atoms with Gasteiger partial charge < -0.3 is 10.0 Å². The Bertz CT molecular complexity index is 394. The molecule has 0 bridgehead atoms. The highest BCUT2D eigenvalue weighted by molar-refractivity contribution is 5.93. The van der Waals surface area contributed by atoms with Crippen LogP contribution in [-0.2, 0) is 0 Å². The van der Waals surface area contributed by atoms with Gasteiger partial charge >= 0.3 is 5.97 Å². The molecule has 1 heterocycles. The summed E-state index contributed by atoms with van der Waals surface area (Å²) in [5, 5.41) is 8.98. The van der Waals surface area contributed by atoms with Gasteiger partial charge in [0.1, 0.15) is 17.2 Å². The topological polar surface area (TPSA) is 53.4 Å². The molecule has 0 aliphatic heterocycles. The molecule has 0 saturated heterocycles. The van der Waals surface area contributed by atoms with E-state index in [9.17, 15) is 9.18 Å². The minimum atomic E-state index is -1.17. The SMILES string of the molecule is CCN(c1ncc(F)cc1C(=O)O)C(C)C. The van der Waals surface area contributed by atoms with Crippen molar-refractivity contribution >= 4 is 11.8 Å². The van der Waals surface area contributed by atoms with Crippen molar-refractivity contribution in [3.63, 3.8) is 0 Å². The monoisotopic (exact) mass is 226 g/mol. The largest absolute Gasteiger partial charge is 0.478 e. The molecule has 1 rings (SSSR count). The smallest absolute Gasteiger partial charge is 0.339 e. The highest BCUT2D eigenvalue weighted by Crippen LogP contribution is 2.20. The Hall–Kier alpha value is -1.65. The van der Waals surface area contributed by atoms with Crippen LogP contribution in [0, 0.1) is 5.82 Å². The van der Waals surface area contributed by atoms with Gasteiger partial charge in [-0.2, -0.15) is 0 Å². The Labute approximate surface area is 93.7 Å². The quantitative estimate of drug-likeness (QED) is 0.854. The lowest BCUT2D eigenvalue weighted by atomic mass is 10.2. The van der Waals surface area contributed by atoms with Gasteiger partial charge in [0.05, 0.1) is 6.20 Å². The second kappa shape index (κ2) is 4.92. The summed E-state index contributed by atoms with van der Waals surface area (Å²) in [6, 6.07) is 1.11. The molecule has 1 aromatic rings. The predicted molar refractivity (Wildman–Crippen MR) is 59.3 cm³/mol. The summed E-state index contributed by atoms with van der Waals surface area (Å²) in [6.07, 6.45) is 1.03. The second-order valence-electron chi connectivity index (χ2n) is 3.71. The third-order valence-corrected chi connectivity index (χ3v) is 2.30. The van der Waals surface area contributed by atoms with Gasteiger partial charge in [0.25, 0.3) is 0 Å². The maximum atomic E-state index is 12.9. The zero-order valence-electron chi connectivity index (χ0n) is 9.57. The number of pyridine rings is 1. The number of rotatable bonds is 4. The Morgan fingerprint density at radius 1 is 1.62 bits per heavy atom. The highest BCUT2D eigenvalue weighted by atomic mass is 19.1. The lowest BCUT2D eigenvalue weighted by Gasteiger charge is -2.27. The zero-order valence-corrected chi connectivity index (χ0v) is 9.57. The zero-order chi connectivity index (χ0) is 12.3. The van der Waals surface area contributed by atoms with Gasteiger partial charge in [-0.05, 0) is 26.8 Å². The predicted octanol–water partition coefficient (Wildman–Crippen LogP) is 2.15. The first-order valence-electron chi connectivity index (χ1n) is 5.12. The van der Waals surface area contributed by atoms with Gasteiger partial charge in [0.2, 0.25) is 0 Å². The molecule has 0 aliphatic carbocycles.